The molecule has 0 saturated carbocycles. The average molecular weight is 646 g/mol. The molecule has 0 atom stereocenters. The van der Waals surface area contributed by atoms with E-state index in [1.807, 2.05) is 83.1 Å². The molecule has 0 saturated heterocycles. The monoisotopic (exact) mass is 645 g/mol. The first-order valence-electron chi connectivity index (χ1n) is 15.6. The van der Waals surface area contributed by atoms with Crippen molar-refractivity contribution in [1.29, 1.82) is 5.26 Å². The van der Waals surface area contributed by atoms with Gasteiger partial charge < -0.3 is 20.4 Å². The van der Waals surface area contributed by atoms with E-state index in [1.54, 1.807) is 30.1 Å². The number of fused-ring (bicyclic) bond motifs is 1. The van der Waals surface area contributed by atoms with Gasteiger partial charge in [0.2, 0.25) is 0 Å². The number of carbonyl (C=O) groups is 1. The van der Waals surface area contributed by atoms with Crippen molar-refractivity contribution in [3.63, 3.8) is 0 Å². The van der Waals surface area contributed by atoms with Crippen molar-refractivity contribution in [1.82, 2.24) is 24.1 Å². The third-order valence-corrected chi connectivity index (χ3v) is 8.12. The molecule has 246 valence electrons. The van der Waals surface area contributed by atoms with E-state index in [0.29, 0.717) is 28.2 Å². The minimum atomic E-state index is -0.800. The zero-order valence-corrected chi connectivity index (χ0v) is 28.4. The van der Waals surface area contributed by atoms with Crippen LogP contribution >= 0.6 is 0 Å². The summed E-state index contributed by atoms with van der Waals surface area (Å²) in [5, 5.41) is 20.2. The number of imidazole rings is 1. The molecule has 5 aromatic rings. The Kier molecular flexibility index (Phi) is 9.83. The molecule has 0 aliphatic carbocycles. The molecule has 2 aromatic carbocycles. The molecule has 0 spiro atoms. The number of pyridine rings is 1. The van der Waals surface area contributed by atoms with Crippen LogP contribution in [0.15, 0.2) is 67.3 Å². The van der Waals surface area contributed by atoms with Gasteiger partial charge in [-0.2, -0.15) is 10.4 Å². The predicted octanol–water partition coefficient (Wildman–Crippen LogP) is 6.10. The first-order chi connectivity index (χ1) is 22.8. The maximum absolute atomic E-state index is 15.3. The summed E-state index contributed by atoms with van der Waals surface area (Å²) in [6.45, 7) is 7.12. The van der Waals surface area contributed by atoms with Crippen molar-refractivity contribution >= 4 is 34.3 Å². The third kappa shape index (κ3) is 7.65. The summed E-state index contributed by atoms with van der Waals surface area (Å²) in [6.07, 6.45) is 8.08. The zero-order valence-electron chi connectivity index (χ0n) is 28.4. The fourth-order valence-corrected chi connectivity index (χ4v) is 5.24. The molecular formula is C37H40FN9O. The van der Waals surface area contributed by atoms with Crippen LogP contribution in [0.25, 0.3) is 5.65 Å². The van der Waals surface area contributed by atoms with Gasteiger partial charge in [-0.1, -0.05) is 5.92 Å². The molecular weight excluding hydrogens is 605 g/mol. The van der Waals surface area contributed by atoms with E-state index in [1.165, 1.54) is 12.1 Å². The first-order valence-corrected chi connectivity index (χ1v) is 15.6. The highest BCUT2D eigenvalue weighted by molar-refractivity contribution is 6.05. The smallest absolute Gasteiger partial charge is 0.258 e. The lowest BCUT2D eigenvalue weighted by Gasteiger charge is -2.25. The molecule has 0 aliphatic rings. The van der Waals surface area contributed by atoms with Gasteiger partial charge in [-0.25, -0.2) is 9.37 Å². The topological polar surface area (TPSA) is 107 Å². The van der Waals surface area contributed by atoms with Crippen LogP contribution in [0.5, 0.6) is 0 Å². The molecule has 48 heavy (non-hydrogen) atoms. The van der Waals surface area contributed by atoms with Crippen molar-refractivity contribution < 1.29 is 9.18 Å². The second kappa shape index (κ2) is 14.0. The third-order valence-electron chi connectivity index (χ3n) is 8.12. The number of nitrogens with zero attached hydrogens (tertiary/aromatic N) is 7. The van der Waals surface area contributed by atoms with Crippen LogP contribution in [0.1, 0.15) is 53.0 Å². The second-order valence-electron chi connectivity index (χ2n) is 12.7. The van der Waals surface area contributed by atoms with Gasteiger partial charge in [0, 0.05) is 50.0 Å². The average Bonchev–Trinajstić information content (AvgIpc) is 3.66. The number of rotatable bonds is 10. The van der Waals surface area contributed by atoms with Gasteiger partial charge in [0.25, 0.3) is 5.91 Å². The molecule has 1 amide bonds. The number of benzene rings is 2. The number of aryl methyl sites for hydroxylation is 2. The highest BCUT2D eigenvalue weighted by atomic mass is 19.1. The summed E-state index contributed by atoms with van der Waals surface area (Å²) in [6, 6.07) is 14.5. The van der Waals surface area contributed by atoms with Gasteiger partial charge in [0.1, 0.15) is 11.5 Å². The Morgan fingerprint density at radius 2 is 1.85 bits per heavy atom. The van der Waals surface area contributed by atoms with E-state index in [4.69, 9.17) is 0 Å². The van der Waals surface area contributed by atoms with Crippen LogP contribution in [-0.4, -0.2) is 64.2 Å². The lowest BCUT2D eigenvalue weighted by atomic mass is 9.85. The van der Waals surface area contributed by atoms with Crippen LogP contribution in [0.2, 0.25) is 0 Å². The van der Waals surface area contributed by atoms with Gasteiger partial charge in [-0.3, -0.25) is 13.9 Å². The zero-order chi connectivity index (χ0) is 34.6. The molecule has 5 rings (SSSR count). The van der Waals surface area contributed by atoms with E-state index in [2.05, 4.69) is 48.4 Å². The molecule has 3 heterocycles. The molecule has 2 N–H and O–H groups in total. The number of hydrogen-bond donors (Lipinski definition) is 2. The number of nitrogens with one attached hydrogen (secondary N) is 2. The summed E-state index contributed by atoms with van der Waals surface area (Å²) < 4.78 is 18.8. The lowest BCUT2D eigenvalue weighted by Crippen LogP contribution is -2.24. The maximum Gasteiger partial charge on any atom is 0.258 e. The number of aromatic nitrogens is 4. The van der Waals surface area contributed by atoms with Crippen LogP contribution in [0, 0.1) is 35.9 Å². The maximum atomic E-state index is 15.3. The van der Waals surface area contributed by atoms with E-state index in [0.717, 1.165) is 42.1 Å². The van der Waals surface area contributed by atoms with Crippen LogP contribution in [0.3, 0.4) is 0 Å². The molecule has 10 nitrogen and oxygen atoms in total. The Morgan fingerprint density at radius 1 is 1.06 bits per heavy atom. The van der Waals surface area contributed by atoms with Gasteiger partial charge in [-0.15, -0.1) is 0 Å². The quantitative estimate of drug-likeness (QED) is 0.177. The number of anilines is 4. The summed E-state index contributed by atoms with van der Waals surface area (Å²) in [5.74, 6) is 5.01. The number of carbonyl (C=O) groups excluding carboxylic acids is 1. The van der Waals surface area contributed by atoms with E-state index < -0.39 is 17.1 Å². The molecule has 0 unspecified atom stereocenters. The number of halogens is 1. The van der Waals surface area contributed by atoms with E-state index in [9.17, 15) is 10.1 Å². The van der Waals surface area contributed by atoms with Crippen molar-refractivity contribution in [3.8, 4) is 17.9 Å². The summed E-state index contributed by atoms with van der Waals surface area (Å²) in [4.78, 5) is 22.3. The Balaban J connectivity index is 1.42. The predicted molar refractivity (Wildman–Crippen MR) is 188 cm³/mol. The van der Waals surface area contributed by atoms with Crippen LogP contribution in [-0.2, 0) is 12.5 Å². The summed E-state index contributed by atoms with van der Waals surface area (Å²) in [7, 11) is 7.89. The van der Waals surface area contributed by atoms with Crippen molar-refractivity contribution in [2.24, 2.45) is 7.05 Å². The van der Waals surface area contributed by atoms with E-state index in [-0.39, 0.29) is 5.56 Å². The van der Waals surface area contributed by atoms with Gasteiger partial charge in [0.05, 0.1) is 40.8 Å². The number of hydrogen-bond acceptors (Lipinski definition) is 7. The Hall–Kier alpha value is -5.65. The van der Waals surface area contributed by atoms with Gasteiger partial charge in [-0.05, 0) is 107 Å². The van der Waals surface area contributed by atoms with Crippen LogP contribution in [0.4, 0.5) is 27.1 Å². The molecule has 0 radical (unpaired) electrons. The van der Waals surface area contributed by atoms with Crippen LogP contribution < -0.4 is 15.5 Å². The molecule has 11 heteroatoms. The molecule has 0 bridgehead atoms. The van der Waals surface area contributed by atoms with Crippen molar-refractivity contribution in [3.05, 3.63) is 101 Å². The Bertz CT molecular complexity index is 2070. The fourth-order valence-electron chi connectivity index (χ4n) is 5.24. The van der Waals surface area contributed by atoms with Gasteiger partial charge >= 0.3 is 0 Å². The SMILES string of the molecule is Cc1cc(F)c(C(=O)Nc2cc(N(C)CCCN(C)C)cc(C(C)(C)C#N)c2)cc1C#Cc1cnc2c(Nc3cnn(C)c3)cccn12. The van der Waals surface area contributed by atoms with E-state index >= 15 is 4.39 Å². The largest absolute Gasteiger partial charge is 0.374 e. The van der Waals surface area contributed by atoms with Gasteiger partial charge in [0.15, 0.2) is 5.65 Å². The standard InChI is InChI=1S/C37H40FN9O/c1-25-16-33(38)32(36(48)43-28-18-27(37(2,3)24-39)19-31(20-28)45(6)14-9-13-44(4)5)17-26(25)11-12-30-22-40-35-34(10-8-15-47(30)35)42-29-21-41-46(7)23-29/h8,10,15-23,42H,9,13-14H2,1-7H3,(H,43,48). The fraction of sp³-hybridized carbons (Fsp3) is 0.297. The highest BCUT2D eigenvalue weighted by Crippen LogP contribution is 2.31. The minimum absolute atomic E-state index is 0.128. The summed E-state index contributed by atoms with van der Waals surface area (Å²) in [5.41, 5.74) is 5.21. The molecule has 0 aliphatic heterocycles. The molecule has 0 fully saturated rings. The Labute approximate surface area is 280 Å². The highest BCUT2D eigenvalue weighted by Gasteiger charge is 2.23. The van der Waals surface area contributed by atoms with Crippen molar-refractivity contribution in [2.45, 2.75) is 32.6 Å². The Morgan fingerprint density at radius 3 is 2.56 bits per heavy atom. The normalized spacial score (nSPS) is 11.2. The minimum Gasteiger partial charge on any atom is -0.374 e. The lowest BCUT2D eigenvalue weighted by molar-refractivity contribution is 0.102. The van der Waals surface area contributed by atoms with Crippen molar-refractivity contribution in [2.75, 3.05) is 49.8 Å². The number of nitriles is 1. The summed E-state index contributed by atoms with van der Waals surface area (Å²) >= 11 is 0. The molecule has 3 aromatic heterocycles. The second-order valence-corrected chi connectivity index (χ2v) is 12.7. The number of amides is 1. The first kappa shape index (κ1) is 33.7.